The molecule has 0 unspecified atom stereocenters. The molecule has 90 valence electrons. The highest BCUT2D eigenvalue weighted by Crippen LogP contribution is 2.24. The lowest BCUT2D eigenvalue weighted by molar-refractivity contribution is 0.714. The molecular weight excluding hydrogens is 210 g/mol. The van der Waals surface area contributed by atoms with Gasteiger partial charge in [0, 0.05) is 37.1 Å². The van der Waals surface area contributed by atoms with E-state index in [0.29, 0.717) is 0 Å². The molecular formula is C14H19N3. The largest absolute Gasteiger partial charge is 0.374 e. The molecule has 1 heterocycles. The molecule has 0 aliphatic heterocycles. The maximum Gasteiger partial charge on any atom is 0.0458 e. The van der Waals surface area contributed by atoms with Crippen molar-refractivity contribution in [2.45, 2.75) is 6.42 Å². The maximum absolute atomic E-state index is 4.21. The quantitative estimate of drug-likeness (QED) is 0.797. The Morgan fingerprint density at radius 1 is 1.29 bits per heavy atom. The normalized spacial score (nSPS) is 10.7. The third-order valence-electron chi connectivity index (χ3n) is 2.99. The molecule has 3 nitrogen and oxygen atoms in total. The maximum atomic E-state index is 4.21. The second-order valence-electron chi connectivity index (χ2n) is 4.25. The molecule has 17 heavy (non-hydrogen) atoms. The first-order valence-corrected chi connectivity index (χ1v) is 6.01. The van der Waals surface area contributed by atoms with Crippen molar-refractivity contribution in [2.24, 2.45) is 0 Å². The van der Waals surface area contributed by atoms with E-state index in [2.05, 4.69) is 46.5 Å². The minimum Gasteiger partial charge on any atom is -0.374 e. The molecule has 0 spiro atoms. The molecule has 0 amide bonds. The average molecular weight is 229 g/mol. The summed E-state index contributed by atoms with van der Waals surface area (Å²) in [4.78, 5) is 6.51. The number of hydrogen-bond donors (Lipinski definition) is 1. The molecule has 2 aromatic rings. The van der Waals surface area contributed by atoms with Gasteiger partial charge in [-0.05, 0) is 37.5 Å². The van der Waals surface area contributed by atoms with Crippen LogP contribution < -0.4 is 10.2 Å². The Balaban J connectivity index is 2.22. The lowest BCUT2D eigenvalue weighted by atomic mass is 10.1. The van der Waals surface area contributed by atoms with Crippen LogP contribution in [0.3, 0.4) is 0 Å². The van der Waals surface area contributed by atoms with Crippen LogP contribution in [0, 0.1) is 0 Å². The van der Waals surface area contributed by atoms with Gasteiger partial charge in [-0.1, -0.05) is 12.1 Å². The SMILES string of the molecule is CNCCCN(C)c1cccc2ccncc12. The van der Waals surface area contributed by atoms with Crippen LogP contribution in [0.15, 0.2) is 36.7 Å². The summed E-state index contributed by atoms with van der Waals surface area (Å²) >= 11 is 0. The molecule has 1 aromatic carbocycles. The van der Waals surface area contributed by atoms with Gasteiger partial charge in [0.25, 0.3) is 0 Å². The summed E-state index contributed by atoms with van der Waals surface area (Å²) in [5.41, 5.74) is 1.26. The van der Waals surface area contributed by atoms with Gasteiger partial charge in [-0.3, -0.25) is 4.98 Å². The van der Waals surface area contributed by atoms with Gasteiger partial charge in [0.1, 0.15) is 0 Å². The van der Waals surface area contributed by atoms with Crippen molar-refractivity contribution in [2.75, 3.05) is 32.1 Å². The fraction of sp³-hybridized carbons (Fsp3) is 0.357. The molecule has 0 bridgehead atoms. The van der Waals surface area contributed by atoms with Crippen LogP contribution in [0.4, 0.5) is 5.69 Å². The highest BCUT2D eigenvalue weighted by molar-refractivity contribution is 5.93. The van der Waals surface area contributed by atoms with E-state index in [9.17, 15) is 0 Å². The van der Waals surface area contributed by atoms with Crippen molar-refractivity contribution in [3.63, 3.8) is 0 Å². The molecule has 0 atom stereocenters. The van der Waals surface area contributed by atoms with Crippen molar-refractivity contribution in [3.8, 4) is 0 Å². The van der Waals surface area contributed by atoms with Gasteiger partial charge in [0.15, 0.2) is 0 Å². The fourth-order valence-corrected chi connectivity index (χ4v) is 2.04. The Hall–Kier alpha value is -1.61. The highest BCUT2D eigenvalue weighted by Gasteiger charge is 2.05. The van der Waals surface area contributed by atoms with E-state index in [1.54, 1.807) is 0 Å². The summed E-state index contributed by atoms with van der Waals surface area (Å²) in [6.45, 7) is 2.10. The lowest BCUT2D eigenvalue weighted by Gasteiger charge is -2.20. The van der Waals surface area contributed by atoms with Crippen LogP contribution in [0.5, 0.6) is 0 Å². The minimum absolute atomic E-state index is 1.05. The first kappa shape index (κ1) is 11.9. The Morgan fingerprint density at radius 2 is 2.18 bits per heavy atom. The molecule has 3 heteroatoms. The van der Waals surface area contributed by atoms with Crippen molar-refractivity contribution in [1.29, 1.82) is 0 Å². The van der Waals surface area contributed by atoms with Crippen LogP contribution in [-0.4, -0.2) is 32.2 Å². The molecule has 0 aliphatic carbocycles. The van der Waals surface area contributed by atoms with Gasteiger partial charge in [0.2, 0.25) is 0 Å². The minimum atomic E-state index is 1.05. The molecule has 1 N–H and O–H groups in total. The number of fused-ring (bicyclic) bond motifs is 1. The summed E-state index contributed by atoms with van der Waals surface area (Å²) in [6, 6.07) is 8.44. The van der Waals surface area contributed by atoms with Crippen LogP contribution in [0.2, 0.25) is 0 Å². The van der Waals surface area contributed by atoms with Gasteiger partial charge < -0.3 is 10.2 Å². The van der Waals surface area contributed by atoms with E-state index in [-0.39, 0.29) is 0 Å². The van der Waals surface area contributed by atoms with E-state index in [1.807, 2.05) is 19.4 Å². The zero-order valence-corrected chi connectivity index (χ0v) is 10.5. The molecule has 1 aromatic heterocycles. The molecule has 0 saturated heterocycles. The lowest BCUT2D eigenvalue weighted by Crippen LogP contribution is -2.22. The molecule has 0 fully saturated rings. The van der Waals surface area contributed by atoms with Gasteiger partial charge in [0.05, 0.1) is 0 Å². The summed E-state index contributed by atoms with van der Waals surface area (Å²) in [5.74, 6) is 0. The van der Waals surface area contributed by atoms with Crippen LogP contribution >= 0.6 is 0 Å². The van der Waals surface area contributed by atoms with Gasteiger partial charge in [-0.25, -0.2) is 0 Å². The number of nitrogens with one attached hydrogen (secondary N) is 1. The Morgan fingerprint density at radius 3 is 3.00 bits per heavy atom. The number of hydrogen-bond acceptors (Lipinski definition) is 3. The Labute approximate surface area is 102 Å². The number of rotatable bonds is 5. The zero-order chi connectivity index (χ0) is 12.1. The van der Waals surface area contributed by atoms with Gasteiger partial charge in [-0.2, -0.15) is 0 Å². The number of aromatic nitrogens is 1. The number of anilines is 1. The Bertz CT molecular complexity index is 476. The summed E-state index contributed by atoms with van der Waals surface area (Å²) < 4.78 is 0. The predicted molar refractivity (Wildman–Crippen MR) is 73.6 cm³/mol. The predicted octanol–water partition coefficient (Wildman–Crippen LogP) is 2.28. The summed E-state index contributed by atoms with van der Waals surface area (Å²) in [6.07, 6.45) is 4.93. The van der Waals surface area contributed by atoms with Crippen molar-refractivity contribution < 1.29 is 0 Å². The summed E-state index contributed by atoms with van der Waals surface area (Å²) in [7, 11) is 4.12. The smallest absolute Gasteiger partial charge is 0.0458 e. The average Bonchev–Trinajstić information content (AvgIpc) is 2.38. The molecule has 2 rings (SSSR count). The van der Waals surface area contributed by atoms with E-state index in [0.717, 1.165) is 19.5 Å². The first-order chi connectivity index (χ1) is 8.33. The Kier molecular flexibility index (Phi) is 3.94. The molecule has 0 radical (unpaired) electrons. The van der Waals surface area contributed by atoms with Crippen molar-refractivity contribution in [1.82, 2.24) is 10.3 Å². The second kappa shape index (κ2) is 5.64. The van der Waals surface area contributed by atoms with E-state index < -0.39 is 0 Å². The van der Waals surface area contributed by atoms with Gasteiger partial charge >= 0.3 is 0 Å². The monoisotopic (exact) mass is 229 g/mol. The zero-order valence-electron chi connectivity index (χ0n) is 10.5. The topological polar surface area (TPSA) is 28.2 Å². The molecule has 0 saturated carbocycles. The van der Waals surface area contributed by atoms with Crippen molar-refractivity contribution >= 4 is 16.5 Å². The van der Waals surface area contributed by atoms with E-state index in [1.165, 1.54) is 16.5 Å². The van der Waals surface area contributed by atoms with E-state index in [4.69, 9.17) is 0 Å². The van der Waals surface area contributed by atoms with Crippen LogP contribution in [0.25, 0.3) is 10.8 Å². The second-order valence-corrected chi connectivity index (χ2v) is 4.25. The van der Waals surface area contributed by atoms with Gasteiger partial charge in [-0.15, -0.1) is 0 Å². The van der Waals surface area contributed by atoms with Crippen LogP contribution in [0.1, 0.15) is 6.42 Å². The van der Waals surface area contributed by atoms with Crippen LogP contribution in [-0.2, 0) is 0 Å². The number of benzene rings is 1. The highest BCUT2D eigenvalue weighted by atomic mass is 15.1. The third kappa shape index (κ3) is 2.74. The first-order valence-electron chi connectivity index (χ1n) is 6.01. The third-order valence-corrected chi connectivity index (χ3v) is 2.99. The number of nitrogens with zero attached hydrogens (tertiary/aromatic N) is 2. The molecule has 0 aliphatic rings. The van der Waals surface area contributed by atoms with Crippen molar-refractivity contribution in [3.05, 3.63) is 36.7 Å². The van der Waals surface area contributed by atoms with E-state index >= 15 is 0 Å². The summed E-state index contributed by atoms with van der Waals surface area (Å²) in [5, 5.41) is 5.64. The fourth-order valence-electron chi connectivity index (χ4n) is 2.04. The standard InChI is InChI=1S/C14H19N3/c1-15-8-4-10-17(2)14-6-3-5-12-7-9-16-11-13(12)14/h3,5-7,9,11,15H,4,8,10H2,1-2H3. The number of pyridine rings is 1.